The average molecular weight is 359 g/mol. The van der Waals surface area contributed by atoms with Gasteiger partial charge in [-0.2, -0.15) is 0 Å². The third kappa shape index (κ3) is 4.47. The van der Waals surface area contributed by atoms with Gasteiger partial charge < -0.3 is 24.6 Å². The van der Waals surface area contributed by atoms with Crippen LogP contribution in [0.15, 0.2) is 30.5 Å². The highest BCUT2D eigenvalue weighted by atomic mass is 16.6. The van der Waals surface area contributed by atoms with Crippen LogP contribution in [0, 0.1) is 0 Å². The molecule has 0 spiro atoms. The van der Waals surface area contributed by atoms with Gasteiger partial charge in [0.15, 0.2) is 0 Å². The lowest BCUT2D eigenvalue weighted by molar-refractivity contribution is -0.0819. The lowest BCUT2D eigenvalue weighted by Gasteiger charge is -2.23. The summed E-state index contributed by atoms with van der Waals surface area (Å²) in [6, 6.07) is 6.70. The van der Waals surface area contributed by atoms with E-state index in [0.717, 1.165) is 0 Å². The predicted molar refractivity (Wildman–Crippen MR) is 94.6 cm³/mol. The predicted octanol–water partition coefficient (Wildman–Crippen LogP) is 2.07. The second kappa shape index (κ2) is 8.59. The highest BCUT2D eigenvalue weighted by Crippen LogP contribution is 2.26. The number of aromatic nitrogens is 2. The van der Waals surface area contributed by atoms with Gasteiger partial charge in [-0.05, 0) is 31.2 Å². The second-order valence-electron chi connectivity index (χ2n) is 5.66. The summed E-state index contributed by atoms with van der Waals surface area (Å²) >= 11 is 0. The number of carbonyl (C=O) groups is 1. The Bertz CT molecular complexity index is 762. The Kier molecular flexibility index (Phi) is 5.98. The van der Waals surface area contributed by atoms with Gasteiger partial charge in [0.1, 0.15) is 11.3 Å². The van der Waals surface area contributed by atoms with Crippen LogP contribution in [0.2, 0.25) is 0 Å². The molecule has 26 heavy (non-hydrogen) atoms. The Labute approximate surface area is 151 Å². The standard InChI is InChI=1S/C18H21N3O5/c1-2-25-16-4-3-12(9-14(16)17(22)23)15-5-6-19-18(21-15)20-10-13-11-24-7-8-26-13/h3-6,9,13H,2,7-8,10-11H2,1H3,(H,22,23)(H,19,20,21)/t13-/m0/s1. The number of anilines is 1. The molecule has 2 aromatic rings. The van der Waals surface area contributed by atoms with Crippen LogP contribution in [0.1, 0.15) is 17.3 Å². The minimum Gasteiger partial charge on any atom is -0.493 e. The van der Waals surface area contributed by atoms with Crippen molar-refractivity contribution in [3.8, 4) is 17.0 Å². The molecule has 0 unspecified atom stereocenters. The van der Waals surface area contributed by atoms with Gasteiger partial charge in [0.2, 0.25) is 5.95 Å². The fraction of sp³-hybridized carbons (Fsp3) is 0.389. The lowest BCUT2D eigenvalue weighted by atomic mass is 10.1. The number of nitrogens with zero attached hydrogens (tertiary/aromatic N) is 2. The first-order valence-corrected chi connectivity index (χ1v) is 8.44. The van der Waals surface area contributed by atoms with E-state index in [-0.39, 0.29) is 11.7 Å². The zero-order valence-electron chi connectivity index (χ0n) is 14.5. The highest BCUT2D eigenvalue weighted by molar-refractivity contribution is 5.92. The second-order valence-corrected chi connectivity index (χ2v) is 5.66. The van der Waals surface area contributed by atoms with E-state index in [4.69, 9.17) is 14.2 Å². The molecular formula is C18H21N3O5. The molecule has 1 aromatic carbocycles. The number of carboxylic acids is 1. The fourth-order valence-electron chi connectivity index (χ4n) is 2.60. The third-order valence-electron chi connectivity index (χ3n) is 3.83. The topological polar surface area (TPSA) is 103 Å². The van der Waals surface area contributed by atoms with Crippen LogP contribution >= 0.6 is 0 Å². The third-order valence-corrected chi connectivity index (χ3v) is 3.83. The van der Waals surface area contributed by atoms with Crippen molar-refractivity contribution >= 4 is 11.9 Å². The Balaban J connectivity index is 1.76. The molecule has 1 atom stereocenters. The molecule has 8 heteroatoms. The Morgan fingerprint density at radius 1 is 1.38 bits per heavy atom. The van der Waals surface area contributed by atoms with Crippen molar-refractivity contribution in [3.63, 3.8) is 0 Å². The van der Waals surface area contributed by atoms with Crippen LogP contribution in [-0.4, -0.2) is 60.1 Å². The van der Waals surface area contributed by atoms with Gasteiger partial charge in [-0.25, -0.2) is 14.8 Å². The first-order chi connectivity index (χ1) is 12.7. The van der Waals surface area contributed by atoms with Crippen LogP contribution in [0.3, 0.4) is 0 Å². The maximum atomic E-state index is 11.5. The minimum absolute atomic E-state index is 0.0416. The van der Waals surface area contributed by atoms with E-state index in [1.807, 2.05) is 6.92 Å². The minimum atomic E-state index is -1.04. The number of ether oxygens (including phenoxy) is 3. The Morgan fingerprint density at radius 2 is 2.27 bits per heavy atom. The summed E-state index contributed by atoms with van der Waals surface area (Å²) in [7, 11) is 0. The molecule has 1 aromatic heterocycles. The van der Waals surface area contributed by atoms with Crippen molar-refractivity contribution in [2.45, 2.75) is 13.0 Å². The summed E-state index contributed by atoms with van der Waals surface area (Å²) < 4.78 is 16.3. The summed E-state index contributed by atoms with van der Waals surface area (Å²) in [6.07, 6.45) is 1.58. The fourth-order valence-corrected chi connectivity index (χ4v) is 2.60. The van der Waals surface area contributed by atoms with Gasteiger partial charge in [-0.3, -0.25) is 0 Å². The molecule has 1 saturated heterocycles. The number of aromatic carboxylic acids is 1. The van der Waals surface area contributed by atoms with Crippen molar-refractivity contribution in [1.29, 1.82) is 0 Å². The summed E-state index contributed by atoms with van der Waals surface area (Å²) in [6.45, 7) is 4.47. The summed E-state index contributed by atoms with van der Waals surface area (Å²) in [5.41, 5.74) is 1.40. The van der Waals surface area contributed by atoms with Crippen LogP contribution in [-0.2, 0) is 9.47 Å². The number of hydrogen-bond donors (Lipinski definition) is 2. The van der Waals surface area contributed by atoms with Crippen LogP contribution in [0.25, 0.3) is 11.3 Å². The van der Waals surface area contributed by atoms with E-state index in [2.05, 4.69) is 15.3 Å². The number of carboxylic acid groups (broad SMARTS) is 1. The smallest absolute Gasteiger partial charge is 0.339 e. The largest absolute Gasteiger partial charge is 0.493 e. The molecule has 8 nitrogen and oxygen atoms in total. The first kappa shape index (κ1) is 18.1. The highest BCUT2D eigenvalue weighted by Gasteiger charge is 2.16. The molecule has 1 aliphatic heterocycles. The van der Waals surface area contributed by atoms with Gasteiger partial charge in [0.25, 0.3) is 0 Å². The van der Waals surface area contributed by atoms with Gasteiger partial charge in [0.05, 0.1) is 38.2 Å². The van der Waals surface area contributed by atoms with E-state index in [1.165, 1.54) is 0 Å². The number of rotatable bonds is 7. The molecule has 0 radical (unpaired) electrons. The molecule has 138 valence electrons. The lowest BCUT2D eigenvalue weighted by Crippen LogP contribution is -2.34. The molecule has 1 fully saturated rings. The Hall–Kier alpha value is -2.71. The van der Waals surface area contributed by atoms with Crippen LogP contribution in [0.5, 0.6) is 5.75 Å². The van der Waals surface area contributed by atoms with Crippen molar-refractivity contribution < 1.29 is 24.1 Å². The monoisotopic (exact) mass is 359 g/mol. The molecule has 0 aliphatic carbocycles. The van der Waals surface area contributed by atoms with Gasteiger partial charge in [-0.1, -0.05) is 0 Å². The molecular weight excluding hydrogens is 338 g/mol. The molecule has 2 N–H and O–H groups in total. The molecule has 1 aliphatic rings. The molecule has 0 bridgehead atoms. The quantitative estimate of drug-likeness (QED) is 0.774. The molecule has 3 rings (SSSR count). The maximum absolute atomic E-state index is 11.5. The number of benzene rings is 1. The maximum Gasteiger partial charge on any atom is 0.339 e. The van der Waals surface area contributed by atoms with E-state index in [9.17, 15) is 9.90 Å². The molecule has 0 amide bonds. The van der Waals surface area contributed by atoms with Crippen molar-refractivity contribution in [1.82, 2.24) is 9.97 Å². The van der Waals surface area contributed by atoms with Crippen molar-refractivity contribution in [2.75, 3.05) is 38.3 Å². The summed E-state index contributed by atoms with van der Waals surface area (Å²) in [4.78, 5) is 20.1. The van der Waals surface area contributed by atoms with E-state index < -0.39 is 5.97 Å². The number of hydrogen-bond acceptors (Lipinski definition) is 7. The van der Waals surface area contributed by atoms with Crippen LogP contribution < -0.4 is 10.1 Å². The zero-order valence-corrected chi connectivity index (χ0v) is 14.5. The van der Waals surface area contributed by atoms with E-state index in [0.29, 0.717) is 55.9 Å². The van der Waals surface area contributed by atoms with E-state index in [1.54, 1.807) is 30.5 Å². The molecule has 2 heterocycles. The number of nitrogens with one attached hydrogen (secondary N) is 1. The average Bonchev–Trinajstić information content (AvgIpc) is 2.68. The summed E-state index contributed by atoms with van der Waals surface area (Å²) in [5, 5.41) is 12.5. The van der Waals surface area contributed by atoms with Crippen molar-refractivity contribution in [2.24, 2.45) is 0 Å². The SMILES string of the molecule is CCOc1ccc(-c2ccnc(NC[C@H]3COCCO3)n2)cc1C(=O)O. The van der Waals surface area contributed by atoms with Crippen molar-refractivity contribution in [3.05, 3.63) is 36.0 Å². The van der Waals surface area contributed by atoms with Gasteiger partial charge in [0, 0.05) is 18.3 Å². The van der Waals surface area contributed by atoms with Crippen LogP contribution in [0.4, 0.5) is 5.95 Å². The zero-order chi connectivity index (χ0) is 18.4. The normalized spacial score (nSPS) is 16.9. The first-order valence-electron chi connectivity index (χ1n) is 8.44. The Morgan fingerprint density at radius 3 is 3.00 bits per heavy atom. The molecule has 0 saturated carbocycles. The van der Waals surface area contributed by atoms with Gasteiger partial charge in [-0.15, -0.1) is 0 Å². The van der Waals surface area contributed by atoms with Gasteiger partial charge >= 0.3 is 5.97 Å². The van der Waals surface area contributed by atoms with E-state index >= 15 is 0 Å². The summed E-state index contributed by atoms with van der Waals surface area (Å²) in [5.74, 6) is -0.259.